The van der Waals surface area contributed by atoms with Crippen molar-refractivity contribution in [2.75, 3.05) is 5.32 Å². The molecule has 0 atom stereocenters. The Kier molecular flexibility index (Phi) is 5.83. The predicted octanol–water partition coefficient (Wildman–Crippen LogP) is 6.20. The molecule has 0 saturated carbocycles. The minimum atomic E-state index is -0.0946. The molecule has 1 heterocycles. The monoisotopic (exact) mass is 460 g/mol. The summed E-state index contributed by atoms with van der Waals surface area (Å²) in [6.07, 6.45) is 0. The van der Waals surface area contributed by atoms with Crippen molar-refractivity contribution in [2.24, 2.45) is 0 Å². The Bertz CT molecular complexity index is 1590. The molecule has 174 valence electrons. The Balaban J connectivity index is 1.62. The Hall–Kier alpha value is -4.38. The summed E-state index contributed by atoms with van der Waals surface area (Å²) in [7, 11) is 0. The molecular weight excluding hydrogens is 432 g/mol. The first-order valence-electron chi connectivity index (χ1n) is 11.7. The molecule has 0 aliphatic carbocycles. The van der Waals surface area contributed by atoms with Gasteiger partial charge in [0.25, 0.3) is 0 Å². The highest BCUT2D eigenvalue weighted by atomic mass is 16.1. The Labute approximate surface area is 204 Å². The molecule has 5 heteroatoms. The van der Waals surface area contributed by atoms with E-state index in [9.17, 15) is 4.79 Å². The lowest BCUT2D eigenvalue weighted by molar-refractivity contribution is -0.114. The molecule has 0 aliphatic rings. The van der Waals surface area contributed by atoms with Crippen molar-refractivity contribution in [1.29, 1.82) is 5.41 Å². The van der Waals surface area contributed by atoms with Gasteiger partial charge in [0.05, 0.1) is 17.6 Å². The second kappa shape index (κ2) is 9.11. The number of para-hydroxylation sites is 1. The minimum absolute atomic E-state index is 0.0946. The van der Waals surface area contributed by atoms with Crippen LogP contribution in [0.25, 0.3) is 27.8 Å². The van der Waals surface area contributed by atoms with Gasteiger partial charge in [0.1, 0.15) is 0 Å². The van der Waals surface area contributed by atoms with Crippen molar-refractivity contribution >= 4 is 22.6 Å². The molecule has 4 aromatic carbocycles. The molecule has 1 amide bonds. The Morgan fingerprint density at radius 2 is 1.63 bits per heavy atom. The predicted molar refractivity (Wildman–Crippen MR) is 142 cm³/mol. The van der Waals surface area contributed by atoms with Crippen LogP contribution >= 0.6 is 0 Å². The quantitative estimate of drug-likeness (QED) is 0.322. The largest absolute Gasteiger partial charge is 0.326 e. The summed E-state index contributed by atoms with van der Waals surface area (Å²) in [6.45, 7) is 6.29. The molecule has 5 aromatic rings. The number of carbonyl (C=O) groups excluding carboxylic acids is 1. The van der Waals surface area contributed by atoms with Gasteiger partial charge in [-0.2, -0.15) is 0 Å². The molecule has 0 fully saturated rings. The number of aromatic nitrogens is 2. The van der Waals surface area contributed by atoms with Gasteiger partial charge in [-0.1, -0.05) is 66.2 Å². The molecule has 0 bridgehead atoms. The van der Waals surface area contributed by atoms with E-state index in [1.165, 1.54) is 6.92 Å². The second-order valence-corrected chi connectivity index (χ2v) is 8.95. The van der Waals surface area contributed by atoms with Gasteiger partial charge in [-0.05, 0) is 60.9 Å². The van der Waals surface area contributed by atoms with E-state index in [4.69, 9.17) is 5.41 Å². The maximum atomic E-state index is 11.7. The first-order valence-corrected chi connectivity index (χ1v) is 11.7. The van der Waals surface area contributed by atoms with Gasteiger partial charge in [-0.15, -0.1) is 0 Å². The van der Waals surface area contributed by atoms with Crippen LogP contribution < -0.4 is 10.9 Å². The lowest BCUT2D eigenvalue weighted by Crippen LogP contribution is -2.24. The van der Waals surface area contributed by atoms with E-state index in [1.54, 1.807) is 0 Å². The Morgan fingerprint density at radius 1 is 0.886 bits per heavy atom. The van der Waals surface area contributed by atoms with Crippen LogP contribution in [0.5, 0.6) is 0 Å². The highest BCUT2D eigenvalue weighted by Gasteiger charge is 2.15. The molecule has 1 aromatic heterocycles. The third-order valence-electron chi connectivity index (χ3n) is 6.30. The van der Waals surface area contributed by atoms with Gasteiger partial charge in [-0.25, -0.2) is 0 Å². The minimum Gasteiger partial charge on any atom is -0.326 e. The summed E-state index contributed by atoms with van der Waals surface area (Å²) >= 11 is 0. The maximum Gasteiger partial charge on any atom is 0.221 e. The van der Waals surface area contributed by atoms with Crippen LogP contribution in [-0.4, -0.2) is 15.0 Å². The topological polar surface area (TPSA) is 62.8 Å². The zero-order chi connectivity index (χ0) is 24.5. The lowest BCUT2D eigenvalue weighted by atomic mass is 10.0. The van der Waals surface area contributed by atoms with E-state index in [0.717, 1.165) is 50.2 Å². The molecule has 0 saturated heterocycles. The van der Waals surface area contributed by atoms with E-state index < -0.39 is 0 Å². The number of benzene rings is 4. The van der Waals surface area contributed by atoms with Crippen molar-refractivity contribution in [3.05, 3.63) is 113 Å². The molecule has 0 aliphatic heterocycles. The summed E-state index contributed by atoms with van der Waals surface area (Å²) in [5, 5.41) is 12.0. The molecule has 0 radical (unpaired) electrons. The smallest absolute Gasteiger partial charge is 0.221 e. The first kappa shape index (κ1) is 22.4. The van der Waals surface area contributed by atoms with Gasteiger partial charge in [0, 0.05) is 23.9 Å². The molecule has 35 heavy (non-hydrogen) atoms. The van der Waals surface area contributed by atoms with E-state index in [2.05, 4.69) is 59.3 Å². The number of fused-ring (bicyclic) bond motifs is 1. The molecule has 0 unspecified atom stereocenters. The van der Waals surface area contributed by atoms with Gasteiger partial charge in [0.2, 0.25) is 11.5 Å². The van der Waals surface area contributed by atoms with Crippen LogP contribution in [0.1, 0.15) is 23.6 Å². The zero-order valence-corrected chi connectivity index (χ0v) is 20.2. The van der Waals surface area contributed by atoms with Crippen molar-refractivity contribution in [3.8, 4) is 16.8 Å². The van der Waals surface area contributed by atoms with E-state index >= 15 is 0 Å². The average Bonchev–Trinajstić information content (AvgIpc) is 3.13. The summed E-state index contributed by atoms with van der Waals surface area (Å²) < 4.78 is 4.07. The van der Waals surface area contributed by atoms with Crippen molar-refractivity contribution < 1.29 is 4.79 Å². The number of amides is 1. The molecule has 0 spiro atoms. The van der Waals surface area contributed by atoms with E-state index in [-0.39, 0.29) is 5.91 Å². The number of nitrogens with one attached hydrogen (secondary N) is 2. The van der Waals surface area contributed by atoms with Crippen LogP contribution in [0, 0.1) is 19.3 Å². The van der Waals surface area contributed by atoms with Crippen molar-refractivity contribution in [2.45, 2.75) is 27.3 Å². The standard InChI is InChI=1S/C30H28N4O/c1-20-12-17-27(32-22(3)35)26(18-20)24-13-15-25(16-14-24)34-29-21(2)8-7-11-28(29)33(30(34)31)19-23-9-5-4-6-10-23/h4-18,31H,19H2,1-3H3,(H,32,35). The maximum absolute atomic E-state index is 11.7. The van der Waals surface area contributed by atoms with Crippen molar-refractivity contribution in [1.82, 2.24) is 9.13 Å². The molecule has 5 rings (SSSR count). The number of carbonyl (C=O) groups is 1. The fraction of sp³-hybridized carbons (Fsp3) is 0.133. The average molecular weight is 461 g/mol. The first-order chi connectivity index (χ1) is 16.9. The number of hydrogen-bond donors (Lipinski definition) is 2. The lowest BCUT2D eigenvalue weighted by Gasteiger charge is -2.13. The highest BCUT2D eigenvalue weighted by molar-refractivity contribution is 5.94. The zero-order valence-electron chi connectivity index (χ0n) is 20.2. The van der Waals surface area contributed by atoms with E-state index in [1.807, 2.05) is 60.0 Å². The van der Waals surface area contributed by atoms with Gasteiger partial charge < -0.3 is 9.88 Å². The number of imidazole rings is 1. The normalized spacial score (nSPS) is 11.1. The number of aryl methyl sites for hydroxylation is 2. The van der Waals surface area contributed by atoms with Crippen LogP contribution in [0.4, 0.5) is 5.69 Å². The number of hydrogen-bond acceptors (Lipinski definition) is 2. The van der Waals surface area contributed by atoms with Gasteiger partial charge in [-0.3, -0.25) is 14.8 Å². The number of nitrogens with zero attached hydrogens (tertiary/aromatic N) is 2. The second-order valence-electron chi connectivity index (χ2n) is 8.95. The van der Waals surface area contributed by atoms with Gasteiger partial charge in [0.15, 0.2) is 0 Å². The summed E-state index contributed by atoms with van der Waals surface area (Å²) in [5.41, 5.74) is 9.62. The summed E-state index contributed by atoms with van der Waals surface area (Å²) in [6, 6.07) is 30.7. The van der Waals surface area contributed by atoms with Crippen LogP contribution in [0.3, 0.4) is 0 Å². The Morgan fingerprint density at radius 3 is 2.34 bits per heavy atom. The van der Waals surface area contributed by atoms with Crippen LogP contribution in [-0.2, 0) is 11.3 Å². The molecule has 2 N–H and O–H groups in total. The fourth-order valence-corrected chi connectivity index (χ4v) is 4.66. The fourth-order valence-electron chi connectivity index (χ4n) is 4.66. The van der Waals surface area contributed by atoms with Crippen LogP contribution in [0.15, 0.2) is 91.0 Å². The van der Waals surface area contributed by atoms with Gasteiger partial charge >= 0.3 is 0 Å². The highest BCUT2D eigenvalue weighted by Crippen LogP contribution is 2.30. The molecule has 5 nitrogen and oxygen atoms in total. The summed E-state index contributed by atoms with van der Waals surface area (Å²) in [5.74, 6) is -0.0946. The van der Waals surface area contributed by atoms with E-state index in [0.29, 0.717) is 12.2 Å². The number of rotatable bonds is 5. The van der Waals surface area contributed by atoms with Crippen LogP contribution in [0.2, 0.25) is 0 Å². The molecular formula is C30H28N4O. The number of anilines is 1. The van der Waals surface area contributed by atoms with Crippen molar-refractivity contribution in [3.63, 3.8) is 0 Å². The SMILES string of the molecule is CC(=O)Nc1ccc(C)cc1-c1ccc(-n2c(=N)n(Cc3ccccc3)c3cccc(C)c32)cc1. The third-order valence-corrected chi connectivity index (χ3v) is 6.30. The summed E-state index contributed by atoms with van der Waals surface area (Å²) in [4.78, 5) is 11.7. The third kappa shape index (κ3) is 4.28.